The van der Waals surface area contributed by atoms with Gasteiger partial charge in [0.2, 0.25) is 0 Å². The summed E-state index contributed by atoms with van der Waals surface area (Å²) in [7, 11) is 0. The number of imidazole rings is 1. The number of primary amides is 1. The molecule has 5 heteroatoms. The monoisotopic (exact) mass is 212 g/mol. The molecule has 78 valence electrons. The molecular weight excluding hydrogens is 204 g/mol. The number of nitrogens with two attached hydrogens (primary N) is 1. The molecule has 3 aromatic rings. The molecule has 0 aliphatic heterocycles. The SMILES string of the molecule is NC(=O)c1cc2ccncc2n2ccnc12. The number of aromatic nitrogens is 3. The number of rotatable bonds is 1. The molecule has 0 aliphatic carbocycles. The fourth-order valence-corrected chi connectivity index (χ4v) is 1.82. The van der Waals surface area contributed by atoms with Gasteiger partial charge in [0.1, 0.15) is 5.65 Å². The quantitative estimate of drug-likeness (QED) is 0.653. The van der Waals surface area contributed by atoms with Crippen molar-refractivity contribution in [3.05, 3.63) is 42.5 Å². The van der Waals surface area contributed by atoms with Crippen molar-refractivity contribution in [2.75, 3.05) is 0 Å². The van der Waals surface area contributed by atoms with Crippen molar-refractivity contribution in [2.24, 2.45) is 5.73 Å². The number of fused-ring (bicyclic) bond motifs is 3. The number of carbonyl (C=O) groups is 1. The van der Waals surface area contributed by atoms with Gasteiger partial charge in [-0.3, -0.25) is 14.2 Å². The molecule has 16 heavy (non-hydrogen) atoms. The summed E-state index contributed by atoms with van der Waals surface area (Å²) in [5.74, 6) is -0.477. The molecule has 0 saturated carbocycles. The first-order valence-corrected chi connectivity index (χ1v) is 4.77. The first kappa shape index (κ1) is 8.84. The minimum absolute atomic E-state index is 0.420. The molecule has 0 spiro atoms. The topological polar surface area (TPSA) is 73.3 Å². The van der Waals surface area contributed by atoms with Crippen LogP contribution in [0.5, 0.6) is 0 Å². The van der Waals surface area contributed by atoms with Crippen LogP contribution in [-0.4, -0.2) is 20.3 Å². The van der Waals surface area contributed by atoms with E-state index in [1.807, 2.05) is 10.5 Å². The fraction of sp³-hybridized carbons (Fsp3) is 0. The van der Waals surface area contributed by atoms with Gasteiger partial charge in [0.25, 0.3) is 5.91 Å². The standard InChI is InChI=1S/C11H8N4O/c12-10(16)8-5-7-1-2-13-6-9(7)15-4-3-14-11(8)15/h1-6H,(H2,12,16). The van der Waals surface area contributed by atoms with E-state index in [1.165, 1.54) is 0 Å². The minimum Gasteiger partial charge on any atom is -0.365 e. The number of hydrogen-bond donors (Lipinski definition) is 1. The lowest BCUT2D eigenvalue weighted by atomic mass is 10.2. The van der Waals surface area contributed by atoms with E-state index in [-0.39, 0.29) is 0 Å². The maximum Gasteiger partial charge on any atom is 0.252 e. The van der Waals surface area contributed by atoms with Crippen LogP contribution in [0.3, 0.4) is 0 Å². The minimum atomic E-state index is -0.477. The van der Waals surface area contributed by atoms with E-state index in [0.29, 0.717) is 11.2 Å². The van der Waals surface area contributed by atoms with Gasteiger partial charge < -0.3 is 5.73 Å². The number of nitrogens with zero attached hydrogens (tertiary/aromatic N) is 3. The third-order valence-corrected chi connectivity index (χ3v) is 2.54. The van der Waals surface area contributed by atoms with Crippen LogP contribution in [0.25, 0.3) is 16.6 Å². The Kier molecular flexibility index (Phi) is 1.67. The molecule has 0 fully saturated rings. The Bertz CT molecular complexity index is 701. The van der Waals surface area contributed by atoms with Crippen LogP contribution in [0.4, 0.5) is 0 Å². The van der Waals surface area contributed by atoms with Gasteiger partial charge in [-0.05, 0) is 12.1 Å². The van der Waals surface area contributed by atoms with Crippen LogP contribution in [0.15, 0.2) is 36.9 Å². The van der Waals surface area contributed by atoms with Crippen molar-refractivity contribution in [1.29, 1.82) is 0 Å². The normalized spacial score (nSPS) is 11.0. The Morgan fingerprint density at radius 2 is 2.25 bits per heavy atom. The zero-order valence-corrected chi connectivity index (χ0v) is 8.29. The van der Waals surface area contributed by atoms with E-state index in [0.717, 1.165) is 10.9 Å². The zero-order valence-electron chi connectivity index (χ0n) is 8.29. The second kappa shape index (κ2) is 3.03. The van der Waals surface area contributed by atoms with Crippen molar-refractivity contribution in [3.8, 4) is 0 Å². The molecule has 0 radical (unpaired) electrons. The molecule has 3 heterocycles. The highest BCUT2D eigenvalue weighted by Gasteiger charge is 2.11. The Labute approximate surface area is 90.5 Å². The average Bonchev–Trinajstić information content (AvgIpc) is 2.76. The van der Waals surface area contributed by atoms with Crippen LogP contribution < -0.4 is 5.73 Å². The number of carbonyl (C=O) groups excluding carboxylic acids is 1. The van der Waals surface area contributed by atoms with Gasteiger partial charge in [-0.1, -0.05) is 0 Å². The van der Waals surface area contributed by atoms with E-state index in [2.05, 4.69) is 9.97 Å². The Balaban J connectivity index is 2.58. The summed E-state index contributed by atoms with van der Waals surface area (Å²) in [4.78, 5) is 19.5. The summed E-state index contributed by atoms with van der Waals surface area (Å²) in [5.41, 5.74) is 7.21. The van der Waals surface area contributed by atoms with Crippen molar-refractivity contribution in [1.82, 2.24) is 14.4 Å². The molecule has 0 unspecified atom stereocenters. The molecule has 5 nitrogen and oxygen atoms in total. The molecule has 0 aliphatic rings. The third-order valence-electron chi connectivity index (χ3n) is 2.54. The number of hydrogen-bond acceptors (Lipinski definition) is 3. The highest BCUT2D eigenvalue weighted by atomic mass is 16.1. The molecule has 0 atom stereocenters. The maximum atomic E-state index is 11.3. The first-order chi connectivity index (χ1) is 7.77. The Morgan fingerprint density at radius 1 is 1.38 bits per heavy atom. The van der Waals surface area contributed by atoms with Crippen LogP contribution in [0.1, 0.15) is 10.4 Å². The lowest BCUT2D eigenvalue weighted by molar-refractivity contribution is 0.100. The van der Waals surface area contributed by atoms with Gasteiger partial charge in [-0.15, -0.1) is 0 Å². The Morgan fingerprint density at radius 3 is 3.06 bits per heavy atom. The van der Waals surface area contributed by atoms with E-state index in [1.54, 1.807) is 30.9 Å². The third kappa shape index (κ3) is 1.08. The first-order valence-electron chi connectivity index (χ1n) is 4.77. The lowest BCUT2D eigenvalue weighted by Gasteiger charge is -2.04. The van der Waals surface area contributed by atoms with Gasteiger partial charge in [-0.2, -0.15) is 0 Å². The fourth-order valence-electron chi connectivity index (χ4n) is 1.82. The Hall–Kier alpha value is -2.43. The molecule has 0 saturated heterocycles. The molecule has 3 rings (SSSR count). The summed E-state index contributed by atoms with van der Waals surface area (Å²) in [6.45, 7) is 0. The van der Waals surface area contributed by atoms with Crippen LogP contribution in [0.2, 0.25) is 0 Å². The van der Waals surface area contributed by atoms with Gasteiger partial charge in [-0.25, -0.2) is 4.98 Å². The van der Waals surface area contributed by atoms with Crippen molar-refractivity contribution in [2.45, 2.75) is 0 Å². The van der Waals surface area contributed by atoms with E-state index < -0.39 is 5.91 Å². The van der Waals surface area contributed by atoms with E-state index >= 15 is 0 Å². The van der Waals surface area contributed by atoms with Crippen LogP contribution in [0, 0.1) is 0 Å². The van der Waals surface area contributed by atoms with Gasteiger partial charge in [0.15, 0.2) is 0 Å². The number of amides is 1. The molecule has 0 bridgehead atoms. The van der Waals surface area contributed by atoms with E-state index in [4.69, 9.17) is 5.73 Å². The van der Waals surface area contributed by atoms with Crippen molar-refractivity contribution < 1.29 is 4.79 Å². The predicted octanol–water partition coefficient (Wildman–Crippen LogP) is 0.981. The van der Waals surface area contributed by atoms with Crippen molar-refractivity contribution >= 4 is 22.5 Å². The molecule has 1 amide bonds. The van der Waals surface area contributed by atoms with Crippen molar-refractivity contribution in [3.63, 3.8) is 0 Å². The lowest BCUT2D eigenvalue weighted by Crippen LogP contribution is -2.13. The molecule has 0 aromatic carbocycles. The zero-order chi connectivity index (χ0) is 11.1. The average molecular weight is 212 g/mol. The summed E-state index contributed by atoms with van der Waals surface area (Å²) in [6.07, 6.45) is 6.82. The second-order valence-electron chi connectivity index (χ2n) is 3.48. The predicted molar refractivity (Wildman–Crippen MR) is 59.0 cm³/mol. The molecule has 2 N–H and O–H groups in total. The van der Waals surface area contributed by atoms with E-state index in [9.17, 15) is 4.79 Å². The molecule has 3 aromatic heterocycles. The highest BCUT2D eigenvalue weighted by molar-refractivity contribution is 6.02. The summed E-state index contributed by atoms with van der Waals surface area (Å²) >= 11 is 0. The second-order valence-corrected chi connectivity index (χ2v) is 3.48. The summed E-state index contributed by atoms with van der Waals surface area (Å²) in [6, 6.07) is 3.57. The summed E-state index contributed by atoms with van der Waals surface area (Å²) < 4.78 is 1.81. The maximum absolute atomic E-state index is 11.3. The van der Waals surface area contributed by atoms with Gasteiger partial charge in [0, 0.05) is 24.0 Å². The highest BCUT2D eigenvalue weighted by Crippen LogP contribution is 2.18. The smallest absolute Gasteiger partial charge is 0.252 e. The van der Waals surface area contributed by atoms with Crippen LogP contribution >= 0.6 is 0 Å². The van der Waals surface area contributed by atoms with Gasteiger partial charge >= 0.3 is 0 Å². The largest absolute Gasteiger partial charge is 0.365 e. The number of pyridine rings is 2. The van der Waals surface area contributed by atoms with Crippen LogP contribution in [-0.2, 0) is 0 Å². The summed E-state index contributed by atoms with van der Waals surface area (Å²) in [5, 5.41) is 0.911. The van der Waals surface area contributed by atoms with Gasteiger partial charge in [0.05, 0.1) is 17.3 Å². The molecular formula is C11H8N4O.